The second-order valence-corrected chi connectivity index (χ2v) is 5.79. The normalized spacial score (nSPS) is 16.1. The van der Waals surface area contributed by atoms with Gasteiger partial charge in [-0.3, -0.25) is 9.78 Å². The fourth-order valence-corrected chi connectivity index (χ4v) is 2.91. The number of nitrogens with one attached hydrogen (secondary N) is 1. The van der Waals surface area contributed by atoms with E-state index in [1.54, 1.807) is 6.20 Å². The second-order valence-electron chi connectivity index (χ2n) is 5.79. The molecule has 3 rings (SSSR count). The van der Waals surface area contributed by atoms with Crippen molar-refractivity contribution >= 4 is 16.9 Å². The van der Waals surface area contributed by atoms with E-state index >= 15 is 0 Å². The van der Waals surface area contributed by atoms with E-state index in [9.17, 15) is 4.79 Å². The van der Waals surface area contributed by atoms with Crippen molar-refractivity contribution in [3.63, 3.8) is 0 Å². The molecule has 1 amide bonds. The summed E-state index contributed by atoms with van der Waals surface area (Å²) in [6.45, 7) is 5.80. The van der Waals surface area contributed by atoms with Gasteiger partial charge in [0.05, 0.1) is 17.2 Å². The van der Waals surface area contributed by atoms with Gasteiger partial charge in [-0.1, -0.05) is 19.1 Å². The smallest absolute Gasteiger partial charge is 0.274 e. The molecule has 0 atom stereocenters. The zero-order valence-electron chi connectivity index (χ0n) is 13.0. The van der Waals surface area contributed by atoms with Gasteiger partial charge in [0.2, 0.25) is 0 Å². The van der Waals surface area contributed by atoms with Gasteiger partial charge in [-0.2, -0.15) is 0 Å². The molecule has 0 saturated carbocycles. The Hall–Kier alpha value is -2.01. The van der Waals surface area contributed by atoms with Gasteiger partial charge in [-0.15, -0.1) is 0 Å². The minimum absolute atomic E-state index is 0.000142. The van der Waals surface area contributed by atoms with E-state index < -0.39 is 0 Å². The average Bonchev–Trinajstić information content (AvgIpc) is 2.59. The third-order valence-electron chi connectivity index (χ3n) is 4.25. The molecular weight excluding hydrogens is 276 g/mol. The minimum Gasteiger partial charge on any atom is -0.337 e. The van der Waals surface area contributed by atoms with Crippen LogP contribution in [0.3, 0.4) is 0 Å². The summed E-state index contributed by atoms with van der Waals surface area (Å²) in [6, 6.07) is 7.63. The van der Waals surface area contributed by atoms with Crippen molar-refractivity contribution in [2.24, 2.45) is 5.92 Å². The number of para-hydroxylation sites is 2. The molecule has 116 valence electrons. The summed E-state index contributed by atoms with van der Waals surface area (Å²) in [7, 11) is 0. The summed E-state index contributed by atoms with van der Waals surface area (Å²) in [6.07, 6.45) is 3.70. The number of carbonyl (C=O) groups excluding carboxylic acids is 1. The molecule has 2 aromatic rings. The van der Waals surface area contributed by atoms with Crippen molar-refractivity contribution in [1.82, 2.24) is 20.2 Å². The molecule has 1 aliphatic heterocycles. The molecule has 1 N–H and O–H groups in total. The van der Waals surface area contributed by atoms with Crippen molar-refractivity contribution in [3.8, 4) is 0 Å². The van der Waals surface area contributed by atoms with Crippen LogP contribution in [0.4, 0.5) is 0 Å². The second kappa shape index (κ2) is 6.83. The molecule has 0 radical (unpaired) electrons. The molecular formula is C17H22N4O. The van der Waals surface area contributed by atoms with Gasteiger partial charge in [-0.25, -0.2) is 4.98 Å². The van der Waals surface area contributed by atoms with Crippen LogP contribution in [-0.4, -0.2) is 47.0 Å². The van der Waals surface area contributed by atoms with Crippen LogP contribution in [0.5, 0.6) is 0 Å². The fraction of sp³-hybridized carbons (Fsp3) is 0.471. The third kappa shape index (κ3) is 3.25. The first-order valence-corrected chi connectivity index (χ1v) is 7.99. The Bertz CT molecular complexity index is 650. The Morgan fingerprint density at radius 1 is 1.27 bits per heavy atom. The number of nitrogens with zero attached hydrogens (tertiary/aromatic N) is 3. The summed E-state index contributed by atoms with van der Waals surface area (Å²) < 4.78 is 0. The lowest BCUT2D eigenvalue weighted by Gasteiger charge is -2.31. The maximum atomic E-state index is 12.6. The van der Waals surface area contributed by atoms with E-state index in [0.29, 0.717) is 11.6 Å². The highest BCUT2D eigenvalue weighted by atomic mass is 16.2. The van der Waals surface area contributed by atoms with Gasteiger partial charge in [0, 0.05) is 13.1 Å². The molecule has 0 bridgehead atoms. The maximum Gasteiger partial charge on any atom is 0.274 e. The van der Waals surface area contributed by atoms with Crippen molar-refractivity contribution < 1.29 is 4.79 Å². The van der Waals surface area contributed by atoms with Crippen molar-refractivity contribution in [2.45, 2.75) is 19.8 Å². The van der Waals surface area contributed by atoms with E-state index in [4.69, 9.17) is 0 Å². The number of aromatic nitrogens is 2. The molecule has 0 spiro atoms. The SMILES string of the molecule is CCNCC1CCN(C(=O)c2cnc3ccccc3n2)CC1. The fourth-order valence-electron chi connectivity index (χ4n) is 2.91. The Labute approximate surface area is 130 Å². The van der Waals surface area contributed by atoms with E-state index in [2.05, 4.69) is 22.2 Å². The molecule has 2 heterocycles. The van der Waals surface area contributed by atoms with E-state index in [1.165, 1.54) is 0 Å². The highest BCUT2D eigenvalue weighted by Crippen LogP contribution is 2.18. The van der Waals surface area contributed by atoms with Gasteiger partial charge in [0.25, 0.3) is 5.91 Å². The molecule has 0 unspecified atom stereocenters. The summed E-state index contributed by atoms with van der Waals surface area (Å²) >= 11 is 0. The number of rotatable bonds is 4. The van der Waals surface area contributed by atoms with E-state index in [-0.39, 0.29) is 5.91 Å². The van der Waals surface area contributed by atoms with E-state index in [1.807, 2.05) is 29.2 Å². The number of benzene rings is 1. The predicted molar refractivity (Wildman–Crippen MR) is 86.7 cm³/mol. The molecule has 1 saturated heterocycles. The van der Waals surface area contributed by atoms with Gasteiger partial charge in [0.1, 0.15) is 5.69 Å². The van der Waals surface area contributed by atoms with Gasteiger partial charge in [0.15, 0.2) is 0 Å². The summed E-state index contributed by atoms with van der Waals surface area (Å²) in [4.78, 5) is 23.3. The van der Waals surface area contributed by atoms with Crippen LogP contribution in [0.25, 0.3) is 11.0 Å². The monoisotopic (exact) mass is 298 g/mol. The van der Waals surface area contributed by atoms with Crippen LogP contribution < -0.4 is 5.32 Å². The molecule has 1 aromatic heterocycles. The van der Waals surface area contributed by atoms with Gasteiger partial charge in [-0.05, 0) is 44.0 Å². The minimum atomic E-state index is 0.000142. The Kier molecular flexibility index (Phi) is 4.63. The zero-order chi connectivity index (χ0) is 15.4. The summed E-state index contributed by atoms with van der Waals surface area (Å²) in [5, 5.41) is 3.39. The number of amides is 1. The van der Waals surface area contributed by atoms with Crippen molar-refractivity contribution in [2.75, 3.05) is 26.2 Å². The van der Waals surface area contributed by atoms with Crippen LogP contribution in [-0.2, 0) is 0 Å². The van der Waals surface area contributed by atoms with Crippen LogP contribution in [0, 0.1) is 5.92 Å². The summed E-state index contributed by atoms with van der Waals surface area (Å²) in [5.74, 6) is 0.673. The lowest BCUT2D eigenvalue weighted by Crippen LogP contribution is -2.41. The maximum absolute atomic E-state index is 12.6. The van der Waals surface area contributed by atoms with Gasteiger partial charge >= 0.3 is 0 Å². The Balaban J connectivity index is 1.66. The molecule has 22 heavy (non-hydrogen) atoms. The Morgan fingerprint density at radius 2 is 2.00 bits per heavy atom. The average molecular weight is 298 g/mol. The molecule has 1 aromatic carbocycles. The molecule has 5 heteroatoms. The lowest BCUT2D eigenvalue weighted by atomic mass is 9.96. The first kappa shape index (κ1) is 14.9. The standard InChI is InChI=1S/C17H22N4O/c1-2-18-11-13-7-9-21(10-8-13)17(22)16-12-19-14-5-3-4-6-15(14)20-16/h3-6,12-13,18H,2,7-11H2,1H3. The third-order valence-corrected chi connectivity index (χ3v) is 4.25. The number of likely N-dealkylation sites (tertiary alicyclic amines) is 1. The highest BCUT2D eigenvalue weighted by Gasteiger charge is 2.24. The van der Waals surface area contributed by atoms with Gasteiger partial charge < -0.3 is 10.2 Å². The quantitative estimate of drug-likeness (QED) is 0.939. The molecule has 1 fully saturated rings. The number of piperidine rings is 1. The van der Waals surface area contributed by atoms with Crippen LogP contribution in [0.15, 0.2) is 30.5 Å². The zero-order valence-corrected chi connectivity index (χ0v) is 13.0. The molecule has 5 nitrogen and oxygen atoms in total. The number of carbonyl (C=O) groups is 1. The summed E-state index contributed by atoms with van der Waals surface area (Å²) in [5.41, 5.74) is 2.04. The van der Waals surface area contributed by atoms with Crippen molar-refractivity contribution in [3.05, 3.63) is 36.2 Å². The highest BCUT2D eigenvalue weighted by molar-refractivity contribution is 5.93. The predicted octanol–water partition coefficient (Wildman–Crippen LogP) is 2.09. The molecule has 0 aliphatic carbocycles. The van der Waals surface area contributed by atoms with Crippen LogP contribution >= 0.6 is 0 Å². The Morgan fingerprint density at radius 3 is 2.73 bits per heavy atom. The van der Waals surface area contributed by atoms with Crippen LogP contribution in [0.2, 0.25) is 0 Å². The van der Waals surface area contributed by atoms with E-state index in [0.717, 1.165) is 50.1 Å². The van der Waals surface area contributed by atoms with Crippen LogP contribution in [0.1, 0.15) is 30.3 Å². The largest absolute Gasteiger partial charge is 0.337 e. The number of fused-ring (bicyclic) bond motifs is 1. The molecule has 1 aliphatic rings. The number of hydrogen-bond acceptors (Lipinski definition) is 4. The van der Waals surface area contributed by atoms with Crippen molar-refractivity contribution in [1.29, 1.82) is 0 Å². The topological polar surface area (TPSA) is 58.1 Å². The number of hydrogen-bond donors (Lipinski definition) is 1. The first-order valence-electron chi connectivity index (χ1n) is 7.99. The first-order chi connectivity index (χ1) is 10.8. The lowest BCUT2D eigenvalue weighted by molar-refractivity contribution is 0.0684.